The molecule has 1 fully saturated rings. The summed E-state index contributed by atoms with van der Waals surface area (Å²) in [5, 5.41) is 3.08. The summed E-state index contributed by atoms with van der Waals surface area (Å²) in [5.41, 5.74) is 0.484. The highest BCUT2D eigenvalue weighted by Gasteiger charge is 2.26. The van der Waals surface area contributed by atoms with Crippen molar-refractivity contribution < 1.29 is 9.59 Å². The van der Waals surface area contributed by atoms with Crippen LogP contribution in [0.3, 0.4) is 0 Å². The van der Waals surface area contributed by atoms with E-state index in [-0.39, 0.29) is 23.3 Å². The SMILES string of the molecule is CC(C)(C)CC(=O)NC1CCN(C(=O)c2ccccn2)CC1. The molecule has 2 amide bonds. The number of carbonyl (C=O) groups is 2. The molecule has 1 aliphatic rings. The second-order valence-corrected chi connectivity index (χ2v) is 7.09. The lowest BCUT2D eigenvalue weighted by molar-refractivity contribution is -0.123. The molecule has 5 nitrogen and oxygen atoms in total. The molecule has 1 aromatic rings. The molecule has 1 aliphatic heterocycles. The Bertz CT molecular complexity index is 514. The standard InChI is InChI=1S/C17H25N3O2/c1-17(2,3)12-15(21)19-13-7-10-20(11-8-13)16(22)14-6-4-5-9-18-14/h4-6,9,13H,7-8,10-12H2,1-3H3,(H,19,21). The van der Waals surface area contributed by atoms with Gasteiger partial charge < -0.3 is 10.2 Å². The normalized spacial score (nSPS) is 16.4. The minimum absolute atomic E-state index is 0.000268. The molecule has 120 valence electrons. The molecule has 0 bridgehead atoms. The Morgan fingerprint density at radius 1 is 1.27 bits per heavy atom. The average Bonchev–Trinajstić information content (AvgIpc) is 2.46. The molecule has 22 heavy (non-hydrogen) atoms. The minimum Gasteiger partial charge on any atom is -0.353 e. The summed E-state index contributed by atoms with van der Waals surface area (Å²) in [6.45, 7) is 7.49. The topological polar surface area (TPSA) is 62.3 Å². The van der Waals surface area contributed by atoms with Gasteiger partial charge in [-0.25, -0.2) is 0 Å². The summed E-state index contributed by atoms with van der Waals surface area (Å²) < 4.78 is 0. The van der Waals surface area contributed by atoms with Crippen molar-refractivity contribution in [2.45, 2.75) is 46.1 Å². The first-order valence-electron chi connectivity index (χ1n) is 7.85. The maximum absolute atomic E-state index is 12.3. The van der Waals surface area contributed by atoms with Crippen molar-refractivity contribution in [1.82, 2.24) is 15.2 Å². The molecule has 0 radical (unpaired) electrons. The molecule has 0 aliphatic carbocycles. The van der Waals surface area contributed by atoms with E-state index < -0.39 is 0 Å². The Balaban J connectivity index is 1.81. The molecule has 0 saturated carbocycles. The van der Waals surface area contributed by atoms with Gasteiger partial charge in [-0.15, -0.1) is 0 Å². The van der Waals surface area contributed by atoms with Gasteiger partial charge in [0.05, 0.1) is 0 Å². The van der Waals surface area contributed by atoms with Crippen LogP contribution in [0.4, 0.5) is 0 Å². The Morgan fingerprint density at radius 2 is 1.95 bits per heavy atom. The molecule has 0 aromatic carbocycles. The van der Waals surface area contributed by atoms with Gasteiger partial charge in [-0.1, -0.05) is 26.8 Å². The molecule has 5 heteroatoms. The number of piperidine rings is 1. The molecule has 1 saturated heterocycles. The highest BCUT2D eigenvalue weighted by molar-refractivity contribution is 5.92. The highest BCUT2D eigenvalue weighted by atomic mass is 16.2. The van der Waals surface area contributed by atoms with E-state index in [0.29, 0.717) is 25.2 Å². The van der Waals surface area contributed by atoms with Crippen molar-refractivity contribution in [3.05, 3.63) is 30.1 Å². The summed E-state index contributed by atoms with van der Waals surface area (Å²) in [4.78, 5) is 30.2. The van der Waals surface area contributed by atoms with Gasteiger partial charge in [0.1, 0.15) is 5.69 Å². The van der Waals surface area contributed by atoms with Crippen LogP contribution < -0.4 is 5.32 Å². The molecule has 2 heterocycles. The summed E-state index contributed by atoms with van der Waals surface area (Å²) >= 11 is 0. The third-order valence-electron chi connectivity index (χ3n) is 3.72. The third kappa shape index (κ3) is 4.83. The van der Waals surface area contributed by atoms with Gasteiger partial charge >= 0.3 is 0 Å². The Kier molecular flexibility index (Phi) is 5.16. The van der Waals surface area contributed by atoms with E-state index >= 15 is 0 Å². The van der Waals surface area contributed by atoms with E-state index in [0.717, 1.165) is 12.8 Å². The fourth-order valence-corrected chi connectivity index (χ4v) is 2.64. The average molecular weight is 303 g/mol. The van der Waals surface area contributed by atoms with Gasteiger partial charge in [-0.05, 0) is 30.4 Å². The predicted molar refractivity (Wildman–Crippen MR) is 85.4 cm³/mol. The van der Waals surface area contributed by atoms with Crippen molar-refractivity contribution in [2.75, 3.05) is 13.1 Å². The molecule has 0 spiro atoms. The summed E-state index contributed by atoms with van der Waals surface area (Å²) in [5.74, 6) is 0.0714. The number of rotatable bonds is 3. The van der Waals surface area contributed by atoms with Gasteiger partial charge in [0.15, 0.2) is 0 Å². The van der Waals surface area contributed by atoms with Gasteiger partial charge in [0.25, 0.3) is 5.91 Å². The lowest BCUT2D eigenvalue weighted by atomic mass is 9.91. The van der Waals surface area contributed by atoms with Crippen LogP contribution in [0.5, 0.6) is 0 Å². The highest BCUT2D eigenvalue weighted by Crippen LogP contribution is 2.19. The van der Waals surface area contributed by atoms with E-state index in [2.05, 4.69) is 31.1 Å². The molecule has 0 atom stereocenters. The van der Waals surface area contributed by atoms with Crippen LogP contribution in [0.15, 0.2) is 24.4 Å². The Hall–Kier alpha value is -1.91. The van der Waals surface area contributed by atoms with E-state index in [9.17, 15) is 9.59 Å². The van der Waals surface area contributed by atoms with Crippen LogP contribution in [0.2, 0.25) is 0 Å². The zero-order valence-electron chi connectivity index (χ0n) is 13.6. The van der Waals surface area contributed by atoms with Gasteiger partial charge in [0.2, 0.25) is 5.91 Å². The monoisotopic (exact) mass is 303 g/mol. The first-order valence-corrected chi connectivity index (χ1v) is 7.85. The van der Waals surface area contributed by atoms with Crippen molar-refractivity contribution in [3.8, 4) is 0 Å². The van der Waals surface area contributed by atoms with Crippen LogP contribution in [0.1, 0.15) is 50.5 Å². The van der Waals surface area contributed by atoms with Crippen molar-refractivity contribution >= 4 is 11.8 Å². The number of likely N-dealkylation sites (tertiary alicyclic amines) is 1. The maximum Gasteiger partial charge on any atom is 0.272 e. The first-order chi connectivity index (χ1) is 10.3. The lowest BCUT2D eigenvalue weighted by Crippen LogP contribution is -2.47. The Morgan fingerprint density at radius 3 is 2.50 bits per heavy atom. The molecular formula is C17H25N3O2. The molecule has 2 rings (SSSR count). The van der Waals surface area contributed by atoms with Gasteiger partial charge in [0, 0.05) is 31.7 Å². The first kappa shape index (κ1) is 16.5. The number of carbonyl (C=O) groups excluding carboxylic acids is 2. The smallest absolute Gasteiger partial charge is 0.272 e. The number of amides is 2. The number of nitrogens with zero attached hydrogens (tertiary/aromatic N) is 2. The minimum atomic E-state index is -0.0277. The Labute approximate surface area is 132 Å². The second-order valence-electron chi connectivity index (χ2n) is 7.09. The van der Waals surface area contributed by atoms with Crippen LogP contribution in [0.25, 0.3) is 0 Å². The third-order valence-corrected chi connectivity index (χ3v) is 3.72. The fourth-order valence-electron chi connectivity index (χ4n) is 2.64. The number of hydrogen-bond donors (Lipinski definition) is 1. The number of aromatic nitrogens is 1. The van der Waals surface area contributed by atoms with E-state index in [1.165, 1.54) is 0 Å². The summed E-state index contributed by atoms with van der Waals surface area (Å²) in [7, 11) is 0. The summed E-state index contributed by atoms with van der Waals surface area (Å²) in [6.07, 6.45) is 3.76. The van der Waals surface area contributed by atoms with Gasteiger partial charge in [-0.2, -0.15) is 0 Å². The van der Waals surface area contributed by atoms with Crippen LogP contribution in [-0.4, -0.2) is 40.8 Å². The molecular weight excluding hydrogens is 278 g/mol. The van der Waals surface area contributed by atoms with E-state index in [1.807, 2.05) is 11.0 Å². The van der Waals surface area contributed by atoms with Crippen molar-refractivity contribution in [3.63, 3.8) is 0 Å². The summed E-state index contributed by atoms with van der Waals surface area (Å²) in [6, 6.07) is 5.52. The second kappa shape index (κ2) is 6.90. The van der Waals surface area contributed by atoms with Crippen LogP contribution in [0, 0.1) is 5.41 Å². The molecule has 1 N–H and O–H groups in total. The largest absolute Gasteiger partial charge is 0.353 e. The quantitative estimate of drug-likeness (QED) is 0.931. The van der Waals surface area contributed by atoms with Crippen LogP contribution in [-0.2, 0) is 4.79 Å². The van der Waals surface area contributed by atoms with Crippen molar-refractivity contribution in [1.29, 1.82) is 0 Å². The fraction of sp³-hybridized carbons (Fsp3) is 0.588. The van der Waals surface area contributed by atoms with Crippen LogP contribution >= 0.6 is 0 Å². The van der Waals surface area contributed by atoms with Gasteiger partial charge in [-0.3, -0.25) is 14.6 Å². The molecule has 1 aromatic heterocycles. The number of pyridine rings is 1. The number of hydrogen-bond acceptors (Lipinski definition) is 3. The zero-order chi connectivity index (χ0) is 16.2. The lowest BCUT2D eigenvalue weighted by Gasteiger charge is -2.32. The van der Waals surface area contributed by atoms with E-state index in [4.69, 9.17) is 0 Å². The van der Waals surface area contributed by atoms with Crippen molar-refractivity contribution in [2.24, 2.45) is 5.41 Å². The van der Waals surface area contributed by atoms with E-state index in [1.54, 1.807) is 18.3 Å². The molecule has 0 unspecified atom stereocenters. The zero-order valence-corrected chi connectivity index (χ0v) is 13.6. The maximum atomic E-state index is 12.3. The number of nitrogens with one attached hydrogen (secondary N) is 1. The predicted octanol–water partition coefficient (Wildman–Crippen LogP) is 2.24.